The maximum absolute atomic E-state index is 12.1. The maximum atomic E-state index is 12.1. The Labute approximate surface area is 130 Å². The number of pyridine rings is 1. The molecule has 1 amide bonds. The Morgan fingerprint density at radius 3 is 2.77 bits per heavy atom. The quantitative estimate of drug-likeness (QED) is 0.891. The van der Waals surface area contributed by atoms with Gasteiger partial charge in [-0.2, -0.15) is 0 Å². The van der Waals surface area contributed by atoms with Crippen molar-refractivity contribution in [3.05, 3.63) is 48.2 Å². The van der Waals surface area contributed by atoms with Crippen molar-refractivity contribution in [3.8, 4) is 0 Å². The molecule has 0 bridgehead atoms. The first-order valence-corrected chi connectivity index (χ1v) is 7.43. The average Bonchev–Trinajstić information content (AvgIpc) is 3.32. The molecule has 1 aliphatic carbocycles. The zero-order valence-electron chi connectivity index (χ0n) is 12.8. The summed E-state index contributed by atoms with van der Waals surface area (Å²) in [6, 6.07) is 11.9. The highest BCUT2D eigenvalue weighted by atomic mass is 16.1. The van der Waals surface area contributed by atoms with E-state index in [0.29, 0.717) is 17.4 Å². The molecule has 1 aromatic carbocycles. The number of benzene rings is 1. The molecule has 3 rings (SSSR count). The van der Waals surface area contributed by atoms with Crippen molar-refractivity contribution in [2.45, 2.75) is 18.9 Å². The van der Waals surface area contributed by atoms with E-state index in [4.69, 9.17) is 0 Å². The van der Waals surface area contributed by atoms with E-state index in [1.807, 2.05) is 43.3 Å². The summed E-state index contributed by atoms with van der Waals surface area (Å²) < 4.78 is 0. The molecule has 0 aliphatic heterocycles. The first-order chi connectivity index (χ1) is 10.6. The van der Waals surface area contributed by atoms with E-state index < -0.39 is 0 Å². The smallest absolute Gasteiger partial charge is 0.251 e. The lowest BCUT2D eigenvalue weighted by molar-refractivity contribution is 0.0951. The van der Waals surface area contributed by atoms with Crippen LogP contribution >= 0.6 is 0 Å². The molecule has 0 spiro atoms. The van der Waals surface area contributed by atoms with Crippen molar-refractivity contribution >= 4 is 23.1 Å². The van der Waals surface area contributed by atoms with Crippen molar-refractivity contribution in [2.24, 2.45) is 0 Å². The number of aromatic nitrogens is 1. The number of carbonyl (C=O) groups excluding carboxylic acids is 1. The minimum Gasteiger partial charge on any atom is -0.378 e. The number of nitrogens with one attached hydrogen (secondary N) is 2. The van der Waals surface area contributed by atoms with Gasteiger partial charge in [0.15, 0.2) is 0 Å². The summed E-state index contributed by atoms with van der Waals surface area (Å²) >= 11 is 0. The molecule has 2 aromatic rings. The highest BCUT2D eigenvalue weighted by Crippen LogP contribution is 2.22. The standard InChI is InChI=1S/C17H20N4O/c1-21(2)15-5-3-4-14(11-15)19-16-10-12(8-9-18-16)17(22)20-13-6-7-13/h3-5,8-11,13H,6-7H2,1-2H3,(H,18,19)(H,20,22). The maximum Gasteiger partial charge on any atom is 0.251 e. The van der Waals surface area contributed by atoms with Crippen molar-refractivity contribution < 1.29 is 4.79 Å². The van der Waals surface area contributed by atoms with Gasteiger partial charge in [0, 0.05) is 43.3 Å². The highest BCUT2D eigenvalue weighted by molar-refractivity contribution is 5.95. The second-order valence-electron chi connectivity index (χ2n) is 5.75. The number of rotatable bonds is 5. The summed E-state index contributed by atoms with van der Waals surface area (Å²) in [7, 11) is 4.00. The van der Waals surface area contributed by atoms with Crippen LogP contribution in [0.1, 0.15) is 23.2 Å². The minimum atomic E-state index is -0.0324. The van der Waals surface area contributed by atoms with Gasteiger partial charge in [-0.1, -0.05) is 6.07 Å². The Kier molecular flexibility index (Phi) is 3.96. The monoisotopic (exact) mass is 296 g/mol. The summed E-state index contributed by atoms with van der Waals surface area (Å²) in [5.41, 5.74) is 2.68. The predicted octanol–water partition coefficient (Wildman–Crippen LogP) is 2.78. The fourth-order valence-corrected chi connectivity index (χ4v) is 2.15. The van der Waals surface area contributed by atoms with Gasteiger partial charge >= 0.3 is 0 Å². The first-order valence-electron chi connectivity index (χ1n) is 7.43. The molecule has 5 nitrogen and oxygen atoms in total. The Bertz CT molecular complexity index is 680. The van der Waals surface area contributed by atoms with Gasteiger partial charge in [0.1, 0.15) is 5.82 Å². The van der Waals surface area contributed by atoms with Gasteiger partial charge in [0.2, 0.25) is 0 Å². The van der Waals surface area contributed by atoms with Crippen LogP contribution in [0.5, 0.6) is 0 Å². The summed E-state index contributed by atoms with van der Waals surface area (Å²) in [5, 5.41) is 6.23. The Hall–Kier alpha value is -2.56. The number of anilines is 3. The van der Waals surface area contributed by atoms with Gasteiger partial charge in [0.25, 0.3) is 5.91 Å². The molecule has 114 valence electrons. The van der Waals surface area contributed by atoms with Crippen LogP contribution in [0, 0.1) is 0 Å². The number of hydrogen-bond donors (Lipinski definition) is 2. The van der Waals surface area contributed by atoms with Gasteiger partial charge < -0.3 is 15.5 Å². The predicted molar refractivity (Wildman–Crippen MR) is 88.8 cm³/mol. The van der Waals surface area contributed by atoms with Crippen LogP contribution in [-0.2, 0) is 0 Å². The highest BCUT2D eigenvalue weighted by Gasteiger charge is 2.23. The van der Waals surface area contributed by atoms with Gasteiger partial charge in [-0.15, -0.1) is 0 Å². The van der Waals surface area contributed by atoms with Crippen molar-refractivity contribution in [1.29, 1.82) is 0 Å². The van der Waals surface area contributed by atoms with Gasteiger partial charge in [-0.25, -0.2) is 4.98 Å². The van der Waals surface area contributed by atoms with Gasteiger partial charge in [0.05, 0.1) is 0 Å². The molecule has 1 heterocycles. The molecule has 0 saturated heterocycles. The molecule has 0 radical (unpaired) electrons. The second-order valence-corrected chi connectivity index (χ2v) is 5.75. The second kappa shape index (κ2) is 6.05. The fourth-order valence-electron chi connectivity index (χ4n) is 2.15. The third-order valence-corrected chi connectivity index (χ3v) is 3.57. The molecule has 22 heavy (non-hydrogen) atoms. The lowest BCUT2D eigenvalue weighted by atomic mass is 10.2. The first kappa shape index (κ1) is 14.4. The lowest BCUT2D eigenvalue weighted by Crippen LogP contribution is -2.25. The van der Waals surface area contributed by atoms with Crippen LogP contribution < -0.4 is 15.5 Å². The van der Waals surface area contributed by atoms with Crippen molar-refractivity contribution in [1.82, 2.24) is 10.3 Å². The van der Waals surface area contributed by atoms with E-state index in [2.05, 4.69) is 15.6 Å². The summed E-state index contributed by atoms with van der Waals surface area (Å²) in [6.45, 7) is 0. The number of amides is 1. The van der Waals surface area contributed by atoms with E-state index in [0.717, 1.165) is 24.2 Å². The van der Waals surface area contributed by atoms with Crippen molar-refractivity contribution in [2.75, 3.05) is 24.3 Å². The van der Waals surface area contributed by atoms with Crippen LogP contribution in [0.2, 0.25) is 0 Å². The molecular weight excluding hydrogens is 276 g/mol. The van der Waals surface area contributed by atoms with Crippen LogP contribution in [0.3, 0.4) is 0 Å². The number of hydrogen-bond acceptors (Lipinski definition) is 4. The van der Waals surface area contributed by atoms with E-state index >= 15 is 0 Å². The summed E-state index contributed by atoms with van der Waals surface area (Å²) in [6.07, 6.45) is 3.82. The largest absolute Gasteiger partial charge is 0.378 e. The van der Waals surface area contributed by atoms with Gasteiger partial charge in [-0.05, 0) is 43.2 Å². The lowest BCUT2D eigenvalue weighted by Gasteiger charge is -2.14. The topological polar surface area (TPSA) is 57.3 Å². The van der Waals surface area contributed by atoms with Crippen LogP contribution in [0.15, 0.2) is 42.6 Å². The molecule has 2 N–H and O–H groups in total. The number of nitrogens with zero attached hydrogens (tertiary/aromatic N) is 2. The molecular formula is C17H20N4O. The van der Waals surface area contributed by atoms with Crippen molar-refractivity contribution in [3.63, 3.8) is 0 Å². The zero-order valence-corrected chi connectivity index (χ0v) is 12.8. The van der Waals surface area contributed by atoms with Gasteiger partial charge in [-0.3, -0.25) is 4.79 Å². The Balaban J connectivity index is 1.74. The third-order valence-electron chi connectivity index (χ3n) is 3.57. The molecule has 1 fully saturated rings. The minimum absolute atomic E-state index is 0.0324. The molecule has 0 atom stereocenters. The van der Waals surface area contributed by atoms with Crippen LogP contribution in [0.25, 0.3) is 0 Å². The van der Waals surface area contributed by atoms with E-state index in [1.54, 1.807) is 18.3 Å². The average molecular weight is 296 g/mol. The summed E-state index contributed by atoms with van der Waals surface area (Å²) in [5.74, 6) is 0.634. The van der Waals surface area contributed by atoms with E-state index in [9.17, 15) is 4.79 Å². The Morgan fingerprint density at radius 2 is 2.05 bits per heavy atom. The molecule has 5 heteroatoms. The fraction of sp³-hybridized carbons (Fsp3) is 0.294. The molecule has 1 saturated carbocycles. The van der Waals surface area contributed by atoms with E-state index in [-0.39, 0.29) is 5.91 Å². The van der Waals surface area contributed by atoms with Crippen LogP contribution in [-0.4, -0.2) is 31.0 Å². The normalized spacial score (nSPS) is 13.5. The molecule has 1 aliphatic rings. The third kappa shape index (κ3) is 3.55. The molecule has 1 aromatic heterocycles. The SMILES string of the molecule is CN(C)c1cccc(Nc2cc(C(=O)NC3CC3)ccn2)c1. The Morgan fingerprint density at radius 1 is 1.23 bits per heavy atom. The summed E-state index contributed by atoms with van der Waals surface area (Å²) in [4.78, 5) is 18.4. The van der Waals surface area contributed by atoms with E-state index in [1.165, 1.54) is 0 Å². The number of carbonyl (C=O) groups is 1. The molecule has 0 unspecified atom stereocenters. The zero-order chi connectivity index (χ0) is 15.5. The van der Waals surface area contributed by atoms with Crippen LogP contribution in [0.4, 0.5) is 17.2 Å².